The second-order valence-corrected chi connectivity index (χ2v) is 10.3. The number of amides is 1. The average molecular weight is 505 g/mol. The smallest absolute Gasteiger partial charge is 0.251 e. The molecule has 0 unspecified atom stereocenters. The van der Waals surface area contributed by atoms with Crippen LogP contribution >= 0.6 is 11.6 Å². The summed E-state index contributed by atoms with van der Waals surface area (Å²) >= 11 is 6.00. The summed E-state index contributed by atoms with van der Waals surface area (Å²) < 4.78 is 58.4. The van der Waals surface area contributed by atoms with Crippen LogP contribution in [0.1, 0.15) is 41.3 Å². The molecule has 0 radical (unpaired) electrons. The molecule has 0 saturated carbocycles. The standard InChI is InChI=1S/C22H26ClFN2O3S.CH2F2/c1-2-30(28,29)21-6-5-19(23)12-18(21)14-26-22(27)17-4-3-16(20(24)13-17)11-15-7-9-25-10-8-15;2-1-3/h3-6,12-13,15,25H,2,7-11,14H2,1H3,(H,26,27);1H2. The zero-order chi connectivity index (χ0) is 24.4. The quantitative estimate of drug-likeness (QED) is 0.576. The van der Waals surface area contributed by atoms with Crippen molar-refractivity contribution in [1.29, 1.82) is 0 Å². The first-order chi connectivity index (χ1) is 15.7. The van der Waals surface area contributed by atoms with E-state index >= 15 is 0 Å². The lowest BCUT2D eigenvalue weighted by atomic mass is 9.90. The van der Waals surface area contributed by atoms with E-state index in [2.05, 4.69) is 10.6 Å². The van der Waals surface area contributed by atoms with Crippen molar-refractivity contribution in [3.63, 3.8) is 0 Å². The molecule has 2 aromatic rings. The number of alkyl halides is 2. The Kier molecular flexibility index (Phi) is 10.7. The zero-order valence-electron chi connectivity index (χ0n) is 18.3. The molecule has 1 aliphatic heterocycles. The van der Waals surface area contributed by atoms with Gasteiger partial charge in [-0.2, -0.15) is 0 Å². The number of sulfone groups is 1. The Labute approximate surface area is 197 Å². The van der Waals surface area contributed by atoms with Crippen LogP contribution in [-0.2, 0) is 22.8 Å². The van der Waals surface area contributed by atoms with Crippen molar-refractivity contribution in [3.8, 4) is 0 Å². The van der Waals surface area contributed by atoms with E-state index in [1.54, 1.807) is 19.1 Å². The molecule has 0 spiro atoms. The minimum Gasteiger partial charge on any atom is -0.348 e. The molecule has 2 aromatic carbocycles. The van der Waals surface area contributed by atoms with Gasteiger partial charge < -0.3 is 10.6 Å². The normalized spacial score (nSPS) is 14.3. The van der Waals surface area contributed by atoms with Crippen LogP contribution in [0.2, 0.25) is 5.02 Å². The number of halogens is 4. The van der Waals surface area contributed by atoms with Crippen LogP contribution in [0.15, 0.2) is 41.3 Å². The van der Waals surface area contributed by atoms with Crippen LogP contribution in [0.4, 0.5) is 13.2 Å². The van der Waals surface area contributed by atoms with Gasteiger partial charge in [-0.25, -0.2) is 21.6 Å². The number of piperidine rings is 1. The van der Waals surface area contributed by atoms with Crippen LogP contribution in [0.25, 0.3) is 0 Å². The van der Waals surface area contributed by atoms with Crippen LogP contribution < -0.4 is 10.6 Å². The van der Waals surface area contributed by atoms with Crippen molar-refractivity contribution < 1.29 is 26.4 Å². The summed E-state index contributed by atoms with van der Waals surface area (Å²) in [6.45, 7) is 1.69. The van der Waals surface area contributed by atoms with Crippen molar-refractivity contribution in [2.24, 2.45) is 5.92 Å². The Morgan fingerprint density at radius 2 is 1.79 bits per heavy atom. The van der Waals surface area contributed by atoms with Gasteiger partial charge in [0.2, 0.25) is 6.93 Å². The van der Waals surface area contributed by atoms with Crippen molar-refractivity contribution >= 4 is 27.3 Å². The molecule has 33 heavy (non-hydrogen) atoms. The van der Waals surface area contributed by atoms with E-state index in [1.165, 1.54) is 24.3 Å². The summed E-state index contributed by atoms with van der Waals surface area (Å²) in [6.07, 6.45) is 2.70. The van der Waals surface area contributed by atoms with Gasteiger partial charge in [0.15, 0.2) is 9.84 Å². The highest BCUT2D eigenvalue weighted by Gasteiger charge is 2.19. The number of hydrogen-bond acceptors (Lipinski definition) is 4. The number of rotatable bonds is 7. The summed E-state index contributed by atoms with van der Waals surface area (Å²) in [7, 11) is -3.46. The average Bonchev–Trinajstić information content (AvgIpc) is 2.80. The molecule has 1 amide bonds. The Morgan fingerprint density at radius 1 is 1.12 bits per heavy atom. The number of hydrogen-bond donors (Lipinski definition) is 2. The van der Waals surface area contributed by atoms with E-state index in [4.69, 9.17) is 11.6 Å². The van der Waals surface area contributed by atoms with Crippen LogP contribution in [0, 0.1) is 11.7 Å². The van der Waals surface area contributed by atoms with E-state index in [1.807, 2.05) is 0 Å². The lowest BCUT2D eigenvalue weighted by molar-refractivity contribution is 0.0950. The first kappa shape index (κ1) is 27.1. The fraction of sp³-hybridized carbons (Fsp3) is 0.435. The molecule has 5 nitrogen and oxygen atoms in total. The van der Waals surface area contributed by atoms with Crippen molar-refractivity contribution in [2.75, 3.05) is 25.8 Å². The molecule has 2 N–H and O–H groups in total. The predicted octanol–water partition coefficient (Wildman–Crippen LogP) is 4.63. The fourth-order valence-corrected chi connectivity index (χ4v) is 4.99. The molecule has 3 rings (SSSR count). The topological polar surface area (TPSA) is 75.3 Å². The molecule has 1 fully saturated rings. The van der Waals surface area contributed by atoms with Crippen LogP contribution in [-0.4, -0.2) is 40.1 Å². The Balaban J connectivity index is 0.00000122. The third-order valence-corrected chi connectivity index (χ3v) is 7.52. The minimum atomic E-state index is -3.46. The molecule has 0 aliphatic carbocycles. The summed E-state index contributed by atoms with van der Waals surface area (Å²) in [5.41, 5.74) is 1.22. The second kappa shape index (κ2) is 13.0. The molecule has 1 heterocycles. The first-order valence-electron chi connectivity index (χ1n) is 10.6. The highest BCUT2D eigenvalue weighted by molar-refractivity contribution is 7.91. The predicted molar refractivity (Wildman–Crippen MR) is 123 cm³/mol. The lowest BCUT2D eigenvalue weighted by Crippen LogP contribution is -2.29. The maximum Gasteiger partial charge on any atom is 0.251 e. The van der Waals surface area contributed by atoms with Gasteiger partial charge in [0.05, 0.1) is 10.6 Å². The molecule has 1 saturated heterocycles. The van der Waals surface area contributed by atoms with Gasteiger partial charge in [0.1, 0.15) is 5.82 Å². The number of benzene rings is 2. The van der Waals surface area contributed by atoms with Gasteiger partial charge >= 0.3 is 0 Å². The van der Waals surface area contributed by atoms with E-state index < -0.39 is 28.5 Å². The summed E-state index contributed by atoms with van der Waals surface area (Å²) in [6, 6.07) is 8.99. The Morgan fingerprint density at radius 3 is 2.39 bits per heavy atom. The largest absolute Gasteiger partial charge is 0.348 e. The molecular weight excluding hydrogens is 477 g/mol. The summed E-state index contributed by atoms with van der Waals surface area (Å²) in [5, 5.41) is 6.34. The Hall–Kier alpha value is -2.10. The van der Waals surface area contributed by atoms with E-state index in [0.717, 1.165) is 25.9 Å². The summed E-state index contributed by atoms with van der Waals surface area (Å²) in [4.78, 5) is 12.7. The Bertz CT molecular complexity index is 1050. The lowest BCUT2D eigenvalue weighted by Gasteiger charge is -2.22. The van der Waals surface area contributed by atoms with Crippen molar-refractivity contribution in [1.82, 2.24) is 10.6 Å². The van der Waals surface area contributed by atoms with Gasteiger partial charge in [-0.05, 0) is 79.7 Å². The van der Waals surface area contributed by atoms with Gasteiger partial charge in [0.25, 0.3) is 5.91 Å². The second-order valence-electron chi connectivity index (χ2n) is 7.64. The first-order valence-corrected chi connectivity index (χ1v) is 12.6. The number of carbonyl (C=O) groups is 1. The van der Waals surface area contributed by atoms with Gasteiger partial charge in [-0.15, -0.1) is 0 Å². The van der Waals surface area contributed by atoms with E-state index in [-0.39, 0.29) is 22.8 Å². The number of carbonyl (C=O) groups excluding carboxylic acids is 1. The van der Waals surface area contributed by atoms with E-state index in [0.29, 0.717) is 28.5 Å². The summed E-state index contributed by atoms with van der Waals surface area (Å²) in [5.74, 6) is -0.471. The van der Waals surface area contributed by atoms with Gasteiger partial charge in [-0.1, -0.05) is 24.6 Å². The fourth-order valence-electron chi connectivity index (χ4n) is 3.67. The minimum absolute atomic E-state index is 0.0214. The molecular formula is C23H28ClF3N2O3S. The SMILES string of the molecule is CCS(=O)(=O)c1ccc(Cl)cc1CNC(=O)c1ccc(CC2CCNCC2)c(F)c1.FCF. The van der Waals surface area contributed by atoms with Gasteiger partial charge in [-0.3, -0.25) is 4.79 Å². The maximum atomic E-state index is 14.6. The third-order valence-electron chi connectivity index (χ3n) is 5.46. The molecule has 0 atom stereocenters. The third kappa shape index (κ3) is 8.01. The highest BCUT2D eigenvalue weighted by atomic mass is 35.5. The van der Waals surface area contributed by atoms with Crippen LogP contribution in [0.5, 0.6) is 0 Å². The van der Waals surface area contributed by atoms with E-state index in [9.17, 15) is 26.4 Å². The van der Waals surface area contributed by atoms with Gasteiger partial charge in [0, 0.05) is 17.1 Å². The van der Waals surface area contributed by atoms with Crippen molar-refractivity contribution in [3.05, 3.63) is 63.9 Å². The van der Waals surface area contributed by atoms with Crippen LogP contribution in [0.3, 0.4) is 0 Å². The molecule has 1 aliphatic rings. The highest BCUT2D eigenvalue weighted by Crippen LogP contribution is 2.23. The number of nitrogens with one attached hydrogen (secondary N) is 2. The molecule has 182 valence electrons. The monoisotopic (exact) mass is 504 g/mol. The van der Waals surface area contributed by atoms with Crippen molar-refractivity contribution in [2.45, 2.75) is 37.6 Å². The molecule has 10 heteroatoms. The maximum absolute atomic E-state index is 14.6. The molecule has 0 aromatic heterocycles. The molecule has 0 bridgehead atoms. The zero-order valence-corrected chi connectivity index (χ0v) is 19.9.